The third-order valence-electron chi connectivity index (χ3n) is 4.01. The van der Waals surface area contributed by atoms with Crippen LogP contribution in [0.4, 0.5) is 8.78 Å². The molecule has 1 atom stereocenters. The molecule has 0 aliphatic heterocycles. The van der Waals surface area contributed by atoms with Gasteiger partial charge in [0, 0.05) is 13.2 Å². The number of esters is 1. The van der Waals surface area contributed by atoms with Gasteiger partial charge in [-0.3, -0.25) is 9.59 Å². The van der Waals surface area contributed by atoms with E-state index in [4.69, 9.17) is 13.9 Å². The fraction of sp³-hybridized carbons (Fsp3) is 0.368. The largest absolute Gasteiger partial charge is 0.502 e. The van der Waals surface area contributed by atoms with Gasteiger partial charge >= 0.3 is 12.6 Å². The summed E-state index contributed by atoms with van der Waals surface area (Å²) in [5.74, 6) is -2.63. The van der Waals surface area contributed by atoms with Crippen LogP contribution in [0.25, 0.3) is 0 Å². The Kier molecular flexibility index (Phi) is 7.54. The fourth-order valence-electron chi connectivity index (χ4n) is 2.71. The van der Waals surface area contributed by atoms with E-state index in [1.807, 2.05) is 0 Å². The molecule has 0 aliphatic carbocycles. The van der Waals surface area contributed by atoms with Gasteiger partial charge in [0.15, 0.2) is 17.3 Å². The first-order valence-electron chi connectivity index (χ1n) is 8.35. The minimum Gasteiger partial charge on any atom is -0.502 e. The van der Waals surface area contributed by atoms with Gasteiger partial charge in [0.05, 0.1) is 26.6 Å². The normalized spacial score (nSPS) is 11.9. The topological polar surface area (TPSA) is 104 Å². The van der Waals surface area contributed by atoms with Gasteiger partial charge in [0.25, 0.3) is 0 Å². The standard InChI is InChI=1S/C19H20F2O8/c1-25-9-11-7-13(22)17(24)18(28-11)12(8-16(23)27-3)10-4-5-14(29-19(20)21)15(6-10)26-2/h4-7,12,19,24H,8-9H2,1-3H3/t12-/m0/s1. The number of ether oxygens (including phenoxy) is 4. The maximum Gasteiger partial charge on any atom is 0.387 e. The third-order valence-corrected chi connectivity index (χ3v) is 4.01. The Labute approximate surface area is 164 Å². The lowest BCUT2D eigenvalue weighted by molar-refractivity contribution is -0.140. The van der Waals surface area contributed by atoms with Crippen molar-refractivity contribution in [3.63, 3.8) is 0 Å². The Bertz CT molecular complexity index is 910. The van der Waals surface area contributed by atoms with Crippen LogP contribution in [-0.2, 0) is 20.9 Å². The van der Waals surface area contributed by atoms with E-state index in [0.29, 0.717) is 5.56 Å². The zero-order chi connectivity index (χ0) is 21.6. The van der Waals surface area contributed by atoms with Gasteiger partial charge in [-0.15, -0.1) is 0 Å². The van der Waals surface area contributed by atoms with Crippen LogP contribution >= 0.6 is 0 Å². The van der Waals surface area contributed by atoms with E-state index < -0.39 is 29.7 Å². The van der Waals surface area contributed by atoms with Crippen molar-refractivity contribution in [2.75, 3.05) is 21.3 Å². The Morgan fingerprint density at radius 2 is 1.90 bits per heavy atom. The molecule has 1 aromatic carbocycles. The molecule has 158 valence electrons. The summed E-state index contributed by atoms with van der Waals surface area (Å²) >= 11 is 0. The number of alkyl halides is 2. The number of aromatic hydroxyl groups is 1. The summed E-state index contributed by atoms with van der Waals surface area (Å²) < 4.78 is 49.8. The second-order valence-corrected chi connectivity index (χ2v) is 5.84. The Hall–Kier alpha value is -3.14. The lowest BCUT2D eigenvalue weighted by Crippen LogP contribution is -2.14. The monoisotopic (exact) mass is 414 g/mol. The molecule has 1 heterocycles. The highest BCUT2D eigenvalue weighted by Gasteiger charge is 2.28. The molecule has 10 heteroatoms. The van der Waals surface area contributed by atoms with E-state index in [1.165, 1.54) is 39.5 Å². The highest BCUT2D eigenvalue weighted by molar-refractivity contribution is 5.71. The van der Waals surface area contributed by atoms with Crippen LogP contribution in [0.5, 0.6) is 17.2 Å². The molecule has 29 heavy (non-hydrogen) atoms. The number of hydrogen-bond acceptors (Lipinski definition) is 8. The molecule has 0 unspecified atom stereocenters. The molecule has 0 saturated heterocycles. The van der Waals surface area contributed by atoms with Crippen molar-refractivity contribution < 1.29 is 42.0 Å². The zero-order valence-corrected chi connectivity index (χ0v) is 15.9. The van der Waals surface area contributed by atoms with Crippen LogP contribution in [0.2, 0.25) is 0 Å². The number of methoxy groups -OCH3 is 3. The van der Waals surface area contributed by atoms with Gasteiger partial charge < -0.3 is 28.5 Å². The Morgan fingerprint density at radius 1 is 1.17 bits per heavy atom. The minimum absolute atomic E-state index is 0.0347. The quantitative estimate of drug-likeness (QED) is 0.625. The number of benzene rings is 1. The van der Waals surface area contributed by atoms with Crippen molar-refractivity contribution in [2.45, 2.75) is 25.6 Å². The molecule has 0 aliphatic rings. The summed E-state index contributed by atoms with van der Waals surface area (Å²) in [6.07, 6.45) is -0.304. The SMILES string of the molecule is COCc1cc(=O)c(O)c([C@@H](CC(=O)OC)c2ccc(OC(F)F)c(OC)c2)o1. The molecule has 0 radical (unpaired) electrons. The van der Waals surface area contributed by atoms with Gasteiger partial charge in [-0.05, 0) is 17.7 Å². The molecule has 2 aromatic rings. The maximum absolute atomic E-state index is 12.6. The second kappa shape index (κ2) is 9.87. The van der Waals surface area contributed by atoms with Gasteiger partial charge in [0.2, 0.25) is 11.2 Å². The van der Waals surface area contributed by atoms with Crippen molar-refractivity contribution in [3.05, 3.63) is 51.6 Å². The highest BCUT2D eigenvalue weighted by Crippen LogP contribution is 2.38. The summed E-state index contributed by atoms with van der Waals surface area (Å²) in [5.41, 5.74) is -0.389. The molecule has 0 spiro atoms. The number of hydrogen-bond donors (Lipinski definition) is 1. The molecule has 8 nitrogen and oxygen atoms in total. The molecule has 1 aromatic heterocycles. The van der Waals surface area contributed by atoms with Gasteiger partial charge in [-0.1, -0.05) is 6.07 Å². The predicted octanol–water partition coefficient (Wildman–Crippen LogP) is 2.80. The number of halogens is 2. The van der Waals surface area contributed by atoms with Crippen LogP contribution in [-0.4, -0.2) is 39.0 Å². The average Bonchev–Trinajstić information content (AvgIpc) is 2.69. The summed E-state index contributed by atoms with van der Waals surface area (Å²) in [7, 11) is 3.82. The zero-order valence-electron chi connectivity index (χ0n) is 15.9. The van der Waals surface area contributed by atoms with E-state index in [2.05, 4.69) is 9.47 Å². The molecular formula is C19H20F2O8. The predicted molar refractivity (Wildman–Crippen MR) is 95.5 cm³/mol. The molecule has 1 N–H and O–H groups in total. The first-order chi connectivity index (χ1) is 13.8. The van der Waals surface area contributed by atoms with Crippen molar-refractivity contribution in [1.29, 1.82) is 0 Å². The maximum atomic E-state index is 12.6. The summed E-state index contributed by atoms with van der Waals surface area (Å²) in [6, 6.07) is 5.01. The summed E-state index contributed by atoms with van der Waals surface area (Å²) in [4.78, 5) is 24.1. The van der Waals surface area contributed by atoms with E-state index >= 15 is 0 Å². The summed E-state index contributed by atoms with van der Waals surface area (Å²) in [6.45, 7) is -3.11. The van der Waals surface area contributed by atoms with E-state index in [1.54, 1.807) is 0 Å². The Balaban J connectivity index is 2.60. The molecule has 2 rings (SSSR count). The van der Waals surface area contributed by atoms with Crippen molar-refractivity contribution >= 4 is 5.97 Å². The molecule has 0 saturated carbocycles. The molecular weight excluding hydrogens is 394 g/mol. The van der Waals surface area contributed by atoms with E-state index in [-0.39, 0.29) is 36.0 Å². The first kappa shape index (κ1) is 22.2. The van der Waals surface area contributed by atoms with Gasteiger partial charge in [0.1, 0.15) is 12.4 Å². The fourth-order valence-corrected chi connectivity index (χ4v) is 2.71. The van der Waals surface area contributed by atoms with E-state index in [9.17, 15) is 23.5 Å². The molecule has 0 amide bonds. The van der Waals surface area contributed by atoms with Crippen LogP contribution in [0.15, 0.2) is 33.5 Å². The van der Waals surface area contributed by atoms with Crippen LogP contribution in [0, 0.1) is 0 Å². The lowest BCUT2D eigenvalue weighted by atomic mass is 9.92. The van der Waals surface area contributed by atoms with E-state index in [0.717, 1.165) is 6.07 Å². The van der Waals surface area contributed by atoms with Gasteiger partial charge in [-0.2, -0.15) is 8.78 Å². The van der Waals surface area contributed by atoms with Crippen molar-refractivity contribution in [3.8, 4) is 17.2 Å². The molecule has 0 bridgehead atoms. The third kappa shape index (κ3) is 5.44. The smallest absolute Gasteiger partial charge is 0.387 e. The van der Waals surface area contributed by atoms with Gasteiger partial charge in [-0.25, -0.2) is 0 Å². The van der Waals surface area contributed by atoms with Crippen LogP contribution < -0.4 is 14.9 Å². The van der Waals surface area contributed by atoms with Crippen LogP contribution in [0.3, 0.4) is 0 Å². The number of rotatable bonds is 9. The first-order valence-corrected chi connectivity index (χ1v) is 8.35. The molecule has 0 fully saturated rings. The number of carbonyl (C=O) groups is 1. The average molecular weight is 414 g/mol. The second-order valence-electron chi connectivity index (χ2n) is 5.84. The summed E-state index contributed by atoms with van der Waals surface area (Å²) in [5, 5.41) is 10.3. The van der Waals surface area contributed by atoms with Crippen molar-refractivity contribution in [1.82, 2.24) is 0 Å². The Morgan fingerprint density at radius 3 is 2.48 bits per heavy atom. The number of carbonyl (C=O) groups excluding carboxylic acids is 1. The van der Waals surface area contributed by atoms with Crippen molar-refractivity contribution in [2.24, 2.45) is 0 Å². The highest BCUT2D eigenvalue weighted by atomic mass is 19.3. The minimum atomic E-state index is -3.06. The lowest BCUT2D eigenvalue weighted by Gasteiger charge is -2.19. The van der Waals surface area contributed by atoms with Crippen LogP contribution in [0.1, 0.15) is 29.4 Å².